The number of aryl methyl sites for hydroxylation is 1. The van der Waals surface area contributed by atoms with Crippen molar-refractivity contribution in [3.05, 3.63) is 68.7 Å². The first kappa shape index (κ1) is 21.0. The predicted molar refractivity (Wildman–Crippen MR) is 111 cm³/mol. The number of carbonyl (C=O) groups excluding carboxylic acids is 2. The molecule has 2 aromatic rings. The molecule has 2 rings (SSSR count). The zero-order valence-corrected chi connectivity index (χ0v) is 17.3. The van der Waals surface area contributed by atoms with Crippen LogP contribution in [0.3, 0.4) is 0 Å². The minimum Gasteiger partial charge on any atom is -0.366 e. The van der Waals surface area contributed by atoms with Gasteiger partial charge in [-0.2, -0.15) is 0 Å². The van der Waals surface area contributed by atoms with Crippen LogP contribution in [-0.4, -0.2) is 23.8 Å². The highest BCUT2D eigenvalue weighted by molar-refractivity contribution is 6.33. The number of allylic oxidation sites excluding steroid dienone is 1. The maximum atomic E-state index is 12.4. The first-order valence-corrected chi connectivity index (χ1v) is 9.15. The van der Waals surface area contributed by atoms with Crippen molar-refractivity contribution in [1.29, 1.82) is 0 Å². The molecule has 0 saturated carbocycles. The zero-order chi connectivity index (χ0) is 20.3. The average Bonchev–Trinajstić information content (AvgIpc) is 2.62. The molecule has 0 bridgehead atoms. The van der Waals surface area contributed by atoms with Gasteiger partial charge in [0.25, 0.3) is 5.91 Å². The number of benzene rings is 2. The van der Waals surface area contributed by atoms with E-state index in [0.717, 1.165) is 22.3 Å². The molecular weight excluding hydrogens is 383 g/mol. The second-order valence-corrected chi connectivity index (χ2v) is 7.49. The van der Waals surface area contributed by atoms with Crippen LogP contribution in [0.1, 0.15) is 35.3 Å². The Kier molecular flexibility index (Phi) is 6.68. The van der Waals surface area contributed by atoms with Gasteiger partial charge in [-0.25, -0.2) is 0 Å². The fraction of sp³-hybridized carbons (Fsp3) is 0.238. The van der Waals surface area contributed by atoms with Crippen LogP contribution in [-0.2, 0) is 11.3 Å². The van der Waals surface area contributed by atoms with Crippen molar-refractivity contribution in [2.24, 2.45) is 5.73 Å². The monoisotopic (exact) mass is 404 g/mol. The van der Waals surface area contributed by atoms with E-state index in [2.05, 4.69) is 0 Å². The summed E-state index contributed by atoms with van der Waals surface area (Å²) in [6, 6.07) is 10.8. The summed E-state index contributed by atoms with van der Waals surface area (Å²) in [7, 11) is 1.74. The van der Waals surface area contributed by atoms with Gasteiger partial charge in [-0.3, -0.25) is 9.59 Å². The van der Waals surface area contributed by atoms with Crippen LogP contribution in [0.15, 0.2) is 47.0 Å². The van der Waals surface area contributed by atoms with E-state index in [1.54, 1.807) is 44.0 Å². The van der Waals surface area contributed by atoms with Crippen LogP contribution < -0.4 is 5.73 Å². The number of rotatable bonds is 5. The SMILES string of the molecule is C/C(Cl)=C(\C)C(=O)N(C)Cc1ccc(-c2cc(C(N)=O)ccc2Cl)cc1C. The van der Waals surface area contributed by atoms with E-state index >= 15 is 0 Å². The minimum absolute atomic E-state index is 0.108. The smallest absolute Gasteiger partial charge is 0.250 e. The number of hydrogen-bond acceptors (Lipinski definition) is 2. The lowest BCUT2D eigenvalue weighted by molar-refractivity contribution is -0.126. The number of primary amides is 1. The molecule has 0 spiro atoms. The molecule has 0 aliphatic heterocycles. The summed E-state index contributed by atoms with van der Waals surface area (Å²) < 4.78 is 0. The summed E-state index contributed by atoms with van der Waals surface area (Å²) in [4.78, 5) is 25.4. The second-order valence-electron chi connectivity index (χ2n) is 6.52. The highest BCUT2D eigenvalue weighted by Gasteiger charge is 2.15. The predicted octanol–water partition coefficient (Wildman–Crippen LogP) is 4.91. The Morgan fingerprint density at radius 3 is 2.33 bits per heavy atom. The maximum absolute atomic E-state index is 12.4. The lowest BCUT2D eigenvalue weighted by Crippen LogP contribution is -2.27. The Labute approximate surface area is 169 Å². The normalized spacial score (nSPS) is 11.8. The quantitative estimate of drug-likeness (QED) is 0.719. The highest BCUT2D eigenvalue weighted by atomic mass is 35.5. The molecule has 0 radical (unpaired) electrons. The van der Waals surface area contributed by atoms with Crippen molar-refractivity contribution in [2.75, 3.05) is 7.05 Å². The van der Waals surface area contributed by atoms with Crippen LogP contribution in [0.2, 0.25) is 5.02 Å². The molecule has 0 heterocycles. The molecule has 2 N–H and O–H groups in total. The van der Waals surface area contributed by atoms with Gasteiger partial charge in [0.2, 0.25) is 5.91 Å². The number of carbonyl (C=O) groups is 2. The van der Waals surface area contributed by atoms with Gasteiger partial charge in [-0.05, 0) is 55.7 Å². The fourth-order valence-corrected chi connectivity index (χ4v) is 3.01. The van der Waals surface area contributed by atoms with Crippen molar-refractivity contribution in [1.82, 2.24) is 4.90 Å². The third-order valence-electron chi connectivity index (χ3n) is 4.50. The Morgan fingerprint density at radius 1 is 1.11 bits per heavy atom. The summed E-state index contributed by atoms with van der Waals surface area (Å²) >= 11 is 12.2. The number of halogens is 2. The van der Waals surface area contributed by atoms with Gasteiger partial charge >= 0.3 is 0 Å². The van der Waals surface area contributed by atoms with Gasteiger partial charge in [0.1, 0.15) is 0 Å². The van der Waals surface area contributed by atoms with Gasteiger partial charge in [0, 0.05) is 40.3 Å². The van der Waals surface area contributed by atoms with Crippen molar-refractivity contribution < 1.29 is 9.59 Å². The van der Waals surface area contributed by atoms with Gasteiger partial charge in [-0.1, -0.05) is 41.4 Å². The zero-order valence-electron chi connectivity index (χ0n) is 15.8. The molecule has 0 aliphatic carbocycles. The number of hydrogen-bond donors (Lipinski definition) is 1. The molecule has 0 aliphatic rings. The molecule has 0 unspecified atom stereocenters. The Hall–Kier alpha value is -2.30. The van der Waals surface area contributed by atoms with Gasteiger partial charge < -0.3 is 10.6 Å². The molecular formula is C21H22Cl2N2O2. The number of likely N-dealkylation sites (N-methyl/N-ethyl adjacent to an activating group) is 1. The molecule has 0 aromatic heterocycles. The number of amides is 2. The van der Waals surface area contributed by atoms with Crippen LogP contribution >= 0.6 is 23.2 Å². The third kappa shape index (κ3) is 4.90. The minimum atomic E-state index is -0.501. The molecule has 0 atom stereocenters. The van der Waals surface area contributed by atoms with Crippen LogP contribution in [0.5, 0.6) is 0 Å². The molecule has 2 amide bonds. The van der Waals surface area contributed by atoms with E-state index in [0.29, 0.717) is 27.7 Å². The van der Waals surface area contributed by atoms with E-state index in [-0.39, 0.29) is 5.91 Å². The summed E-state index contributed by atoms with van der Waals surface area (Å²) in [5.41, 5.74) is 9.94. The molecule has 27 heavy (non-hydrogen) atoms. The molecule has 2 aromatic carbocycles. The Morgan fingerprint density at radius 2 is 1.78 bits per heavy atom. The first-order valence-electron chi connectivity index (χ1n) is 8.39. The average molecular weight is 405 g/mol. The van der Waals surface area contributed by atoms with Gasteiger partial charge in [-0.15, -0.1) is 0 Å². The van der Waals surface area contributed by atoms with E-state index < -0.39 is 5.91 Å². The molecule has 0 fully saturated rings. The topological polar surface area (TPSA) is 63.4 Å². The summed E-state index contributed by atoms with van der Waals surface area (Å²) in [6.07, 6.45) is 0. The molecule has 4 nitrogen and oxygen atoms in total. The summed E-state index contributed by atoms with van der Waals surface area (Å²) in [5.74, 6) is -0.609. The van der Waals surface area contributed by atoms with Crippen molar-refractivity contribution in [3.8, 4) is 11.1 Å². The first-order chi connectivity index (χ1) is 12.6. The number of nitrogens with two attached hydrogens (primary N) is 1. The summed E-state index contributed by atoms with van der Waals surface area (Å²) in [5, 5.41) is 1.03. The highest BCUT2D eigenvalue weighted by Crippen LogP contribution is 2.30. The van der Waals surface area contributed by atoms with Crippen LogP contribution in [0, 0.1) is 6.92 Å². The lowest BCUT2D eigenvalue weighted by Gasteiger charge is -2.20. The van der Waals surface area contributed by atoms with Gasteiger partial charge in [0.05, 0.1) is 0 Å². The Bertz CT molecular complexity index is 932. The van der Waals surface area contributed by atoms with Crippen molar-refractivity contribution in [3.63, 3.8) is 0 Å². The number of nitrogens with zero attached hydrogens (tertiary/aromatic N) is 1. The third-order valence-corrected chi connectivity index (χ3v) is 5.11. The van der Waals surface area contributed by atoms with E-state index in [1.807, 2.05) is 25.1 Å². The summed E-state index contributed by atoms with van der Waals surface area (Å²) in [6.45, 7) is 5.84. The van der Waals surface area contributed by atoms with E-state index in [9.17, 15) is 9.59 Å². The lowest BCUT2D eigenvalue weighted by atomic mass is 9.98. The largest absolute Gasteiger partial charge is 0.366 e. The van der Waals surface area contributed by atoms with Crippen molar-refractivity contribution in [2.45, 2.75) is 27.3 Å². The molecule has 0 saturated heterocycles. The van der Waals surface area contributed by atoms with Crippen LogP contribution in [0.4, 0.5) is 0 Å². The maximum Gasteiger partial charge on any atom is 0.250 e. The standard InChI is InChI=1S/C21H22Cl2N2O2/c1-12-9-15(18-10-16(20(24)26)7-8-19(18)23)5-6-17(12)11-25(4)21(27)13(2)14(3)22/h5-10H,11H2,1-4H3,(H2,24,26)/b14-13-. The fourth-order valence-electron chi connectivity index (χ4n) is 2.70. The van der Waals surface area contributed by atoms with E-state index in [4.69, 9.17) is 28.9 Å². The molecule has 142 valence electrons. The second kappa shape index (κ2) is 8.59. The van der Waals surface area contributed by atoms with Crippen molar-refractivity contribution >= 4 is 35.0 Å². The van der Waals surface area contributed by atoms with E-state index in [1.165, 1.54) is 0 Å². The van der Waals surface area contributed by atoms with Gasteiger partial charge in [0.15, 0.2) is 0 Å². The molecule has 6 heteroatoms. The Balaban J connectivity index is 2.31. The van der Waals surface area contributed by atoms with Crippen LogP contribution in [0.25, 0.3) is 11.1 Å².